The number of carbonyl (C=O) groups excluding carboxylic acids is 1. The van der Waals surface area contributed by atoms with E-state index in [0.29, 0.717) is 55.1 Å². The van der Waals surface area contributed by atoms with E-state index in [1.165, 1.54) is 11.3 Å². The first-order valence-corrected chi connectivity index (χ1v) is 15.6. The SMILES string of the molecule is Cc1ccc2nc(-c3ccc4nc(-c5ccc(CC(=O)c6cc(F)ccc6C(F)(F)F)cc5)sc4c3)sc2c1S(=O)(=O)O.N. The Hall–Kier alpha value is -4.08. The summed E-state index contributed by atoms with van der Waals surface area (Å²) in [6.45, 7) is 1.60. The lowest BCUT2D eigenvalue weighted by Gasteiger charge is -2.12. The molecule has 0 amide bonds. The number of alkyl halides is 3. The van der Waals surface area contributed by atoms with E-state index in [9.17, 15) is 35.3 Å². The van der Waals surface area contributed by atoms with Crippen LogP contribution in [0.1, 0.15) is 27.0 Å². The second-order valence-corrected chi connectivity index (χ2v) is 13.1. The summed E-state index contributed by atoms with van der Waals surface area (Å²) in [5.74, 6) is -1.77. The minimum absolute atomic E-state index is 0. The van der Waals surface area contributed by atoms with Crippen molar-refractivity contribution in [3.8, 4) is 21.1 Å². The van der Waals surface area contributed by atoms with Crippen molar-refractivity contribution in [3.05, 3.63) is 101 Å². The van der Waals surface area contributed by atoms with Gasteiger partial charge in [0, 0.05) is 23.1 Å². The van der Waals surface area contributed by atoms with Crippen LogP contribution < -0.4 is 6.15 Å². The molecule has 0 aliphatic heterocycles. The van der Waals surface area contributed by atoms with Crippen LogP contribution >= 0.6 is 22.7 Å². The molecular weight excluding hydrogens is 639 g/mol. The Labute approximate surface area is 256 Å². The number of ketones is 1. The minimum Gasteiger partial charge on any atom is -0.344 e. The van der Waals surface area contributed by atoms with Crippen LogP contribution in [0.5, 0.6) is 0 Å². The number of hydrogen-bond donors (Lipinski definition) is 2. The first-order valence-electron chi connectivity index (χ1n) is 12.6. The van der Waals surface area contributed by atoms with Gasteiger partial charge in [-0.1, -0.05) is 30.3 Å². The van der Waals surface area contributed by atoms with Gasteiger partial charge in [0.15, 0.2) is 5.78 Å². The number of benzene rings is 4. The van der Waals surface area contributed by atoms with Crippen molar-refractivity contribution in [3.63, 3.8) is 0 Å². The van der Waals surface area contributed by atoms with E-state index in [2.05, 4.69) is 9.97 Å². The van der Waals surface area contributed by atoms with Crippen LogP contribution in [-0.4, -0.2) is 28.7 Å². The van der Waals surface area contributed by atoms with Crippen molar-refractivity contribution in [1.82, 2.24) is 16.1 Å². The van der Waals surface area contributed by atoms with E-state index in [4.69, 9.17) is 0 Å². The fourth-order valence-corrected chi connectivity index (χ4v) is 8.05. The molecule has 0 spiro atoms. The average Bonchev–Trinajstić information content (AvgIpc) is 3.56. The standard InChI is InChI=1S/C30H18F4N2O4S3.H3N/c1-15-2-10-23-26(27(15)43(38,39)40)42-29(36-23)18-7-11-22-25(13-18)41-28(35-22)17-5-3-16(4-6-17)12-24(37)20-14-19(31)8-9-21(20)30(32,33)34;/h2-11,13-14H,12H2,1H3,(H,38,39,40);1H3. The van der Waals surface area contributed by atoms with Crippen LogP contribution in [0.2, 0.25) is 0 Å². The normalized spacial score (nSPS) is 12.0. The van der Waals surface area contributed by atoms with Gasteiger partial charge in [-0.15, -0.1) is 22.7 Å². The Morgan fingerprint density at radius 3 is 2.18 bits per heavy atom. The lowest BCUT2D eigenvalue weighted by Crippen LogP contribution is -2.15. The molecule has 14 heteroatoms. The van der Waals surface area contributed by atoms with Crippen LogP contribution in [0.4, 0.5) is 17.6 Å². The van der Waals surface area contributed by atoms with Gasteiger partial charge < -0.3 is 6.15 Å². The zero-order valence-electron chi connectivity index (χ0n) is 22.6. The van der Waals surface area contributed by atoms with E-state index < -0.39 is 39.0 Å². The summed E-state index contributed by atoms with van der Waals surface area (Å²) in [7, 11) is -4.44. The monoisotopic (exact) mass is 659 g/mol. The summed E-state index contributed by atoms with van der Waals surface area (Å²) in [6, 6.07) is 17.3. The highest BCUT2D eigenvalue weighted by atomic mass is 32.2. The van der Waals surface area contributed by atoms with Crippen molar-refractivity contribution >= 4 is 59.0 Å². The number of aromatic nitrogens is 2. The Bertz CT molecular complexity index is 2170. The van der Waals surface area contributed by atoms with Crippen LogP contribution in [0, 0.1) is 12.7 Å². The van der Waals surface area contributed by atoms with Crippen molar-refractivity contribution < 1.29 is 35.3 Å². The quantitative estimate of drug-likeness (QED) is 0.104. The van der Waals surface area contributed by atoms with E-state index in [1.807, 2.05) is 18.2 Å². The second kappa shape index (κ2) is 11.4. The summed E-state index contributed by atoms with van der Waals surface area (Å²) in [4.78, 5) is 21.7. The van der Waals surface area contributed by atoms with Gasteiger partial charge in [-0.2, -0.15) is 21.6 Å². The van der Waals surface area contributed by atoms with Crippen molar-refractivity contribution in [1.29, 1.82) is 0 Å². The molecule has 7 nitrogen and oxygen atoms in total. The van der Waals surface area contributed by atoms with Gasteiger partial charge in [-0.25, -0.2) is 14.4 Å². The summed E-state index contributed by atoms with van der Waals surface area (Å²) in [5, 5.41) is 1.24. The Kier molecular flexibility index (Phi) is 8.16. The number of aryl methyl sites for hydroxylation is 1. The van der Waals surface area contributed by atoms with E-state index in [0.717, 1.165) is 27.2 Å². The van der Waals surface area contributed by atoms with Gasteiger partial charge >= 0.3 is 6.18 Å². The third kappa shape index (κ3) is 5.99. The molecule has 0 radical (unpaired) electrons. The summed E-state index contributed by atoms with van der Waals surface area (Å²) in [6.07, 6.45) is -5.12. The number of fused-ring (bicyclic) bond motifs is 2. The van der Waals surface area contributed by atoms with Gasteiger partial charge in [0.2, 0.25) is 0 Å². The largest absolute Gasteiger partial charge is 0.417 e. The molecule has 4 aromatic carbocycles. The maximum absolute atomic E-state index is 13.6. The first kappa shape index (κ1) is 31.3. The van der Waals surface area contributed by atoms with Crippen molar-refractivity contribution in [2.24, 2.45) is 0 Å². The third-order valence-electron chi connectivity index (χ3n) is 6.76. The third-order valence-corrected chi connectivity index (χ3v) is 10.1. The molecular formula is C30H21F4N3O4S3. The fraction of sp³-hybridized carbons (Fsp3) is 0.100. The van der Waals surface area contributed by atoms with Gasteiger partial charge in [0.05, 0.1) is 26.0 Å². The molecule has 0 unspecified atom stereocenters. The number of rotatable bonds is 6. The molecule has 0 aliphatic rings. The van der Waals surface area contributed by atoms with Crippen LogP contribution in [-0.2, 0) is 22.7 Å². The molecule has 0 saturated carbocycles. The molecule has 226 valence electrons. The fourth-order valence-electron chi connectivity index (χ4n) is 4.73. The van der Waals surface area contributed by atoms with E-state index in [-0.39, 0.29) is 17.5 Å². The van der Waals surface area contributed by atoms with Gasteiger partial charge in [-0.05, 0) is 60.5 Å². The second-order valence-electron chi connectivity index (χ2n) is 9.74. The number of carbonyl (C=O) groups is 1. The molecule has 0 fully saturated rings. The predicted octanol–water partition coefficient (Wildman–Crippen LogP) is 8.54. The minimum atomic E-state index is -4.79. The molecule has 4 N–H and O–H groups in total. The Morgan fingerprint density at radius 1 is 0.864 bits per heavy atom. The summed E-state index contributed by atoms with van der Waals surface area (Å²) >= 11 is 2.56. The summed E-state index contributed by atoms with van der Waals surface area (Å²) in [5.41, 5.74) is 1.63. The predicted molar refractivity (Wildman–Crippen MR) is 163 cm³/mol. The highest BCUT2D eigenvalue weighted by Gasteiger charge is 2.35. The molecule has 0 saturated heterocycles. The topological polar surface area (TPSA) is 132 Å². The molecule has 2 aromatic heterocycles. The number of nitrogens with zero attached hydrogens (tertiary/aromatic N) is 2. The number of hydrogen-bond acceptors (Lipinski definition) is 8. The van der Waals surface area contributed by atoms with Gasteiger partial charge in [0.1, 0.15) is 20.7 Å². The molecule has 44 heavy (non-hydrogen) atoms. The van der Waals surface area contributed by atoms with Gasteiger partial charge in [-0.3, -0.25) is 9.35 Å². The van der Waals surface area contributed by atoms with Crippen LogP contribution in [0.3, 0.4) is 0 Å². The summed E-state index contributed by atoms with van der Waals surface area (Å²) < 4.78 is 88.6. The molecule has 0 aliphatic carbocycles. The van der Waals surface area contributed by atoms with Crippen LogP contribution in [0.25, 0.3) is 41.6 Å². The number of Topliss-reactive ketones (excluding diaryl/α,β-unsaturated/α-hetero) is 1. The highest BCUT2D eigenvalue weighted by Crippen LogP contribution is 2.39. The zero-order chi connectivity index (χ0) is 30.7. The molecule has 0 atom stereocenters. The lowest BCUT2D eigenvalue weighted by atomic mass is 9.97. The zero-order valence-corrected chi connectivity index (χ0v) is 25.1. The lowest BCUT2D eigenvalue weighted by molar-refractivity contribution is -0.137. The maximum atomic E-state index is 13.6. The maximum Gasteiger partial charge on any atom is 0.417 e. The van der Waals surface area contributed by atoms with Gasteiger partial charge in [0.25, 0.3) is 10.1 Å². The van der Waals surface area contributed by atoms with Crippen molar-refractivity contribution in [2.75, 3.05) is 0 Å². The first-order chi connectivity index (χ1) is 20.3. The number of thiazole rings is 2. The van der Waals surface area contributed by atoms with Crippen molar-refractivity contribution in [2.45, 2.75) is 24.4 Å². The smallest absolute Gasteiger partial charge is 0.344 e. The Balaban J connectivity index is 0.00000384. The molecule has 6 rings (SSSR count). The molecule has 2 heterocycles. The molecule has 6 aromatic rings. The highest BCUT2D eigenvalue weighted by molar-refractivity contribution is 7.86. The molecule has 0 bridgehead atoms. The van der Waals surface area contributed by atoms with E-state index >= 15 is 0 Å². The van der Waals surface area contributed by atoms with E-state index in [1.54, 1.807) is 43.3 Å². The number of halogens is 4. The Morgan fingerprint density at radius 2 is 1.50 bits per heavy atom. The van der Waals surface area contributed by atoms with Crippen LogP contribution in [0.15, 0.2) is 77.7 Å². The average molecular weight is 660 g/mol.